The maximum absolute atomic E-state index is 13.6. The number of furan rings is 1. The maximum atomic E-state index is 13.6. The normalized spacial score (nSPS) is 16.1. The van der Waals surface area contributed by atoms with Crippen molar-refractivity contribution in [3.05, 3.63) is 95.2 Å². The molecule has 1 aliphatic rings. The molecule has 1 aliphatic heterocycles. The average Bonchev–Trinajstić information content (AvgIpc) is 3.42. The monoisotopic (exact) mass is 405 g/mol. The number of carbonyl (C=O) groups is 1. The van der Waals surface area contributed by atoms with Crippen LogP contribution < -0.4 is 0 Å². The van der Waals surface area contributed by atoms with Crippen LogP contribution in [0, 0.1) is 12.7 Å². The molecule has 0 saturated heterocycles. The van der Waals surface area contributed by atoms with Crippen molar-refractivity contribution in [3.63, 3.8) is 0 Å². The van der Waals surface area contributed by atoms with Gasteiger partial charge in [0.25, 0.3) is 5.91 Å². The van der Waals surface area contributed by atoms with E-state index in [4.69, 9.17) is 9.25 Å². The van der Waals surface area contributed by atoms with Crippen molar-refractivity contribution in [1.29, 1.82) is 0 Å². The number of rotatable bonds is 6. The van der Waals surface area contributed by atoms with Crippen LogP contribution in [0.1, 0.15) is 34.9 Å². The van der Waals surface area contributed by atoms with Crippen LogP contribution in [0.4, 0.5) is 4.39 Å². The van der Waals surface area contributed by atoms with Crippen molar-refractivity contribution in [1.82, 2.24) is 5.01 Å². The summed E-state index contributed by atoms with van der Waals surface area (Å²) in [6.07, 6.45) is 3.33. The number of hydrazone groups is 1. The van der Waals surface area contributed by atoms with Crippen molar-refractivity contribution in [2.45, 2.75) is 19.4 Å². The van der Waals surface area contributed by atoms with Crippen LogP contribution in [0.3, 0.4) is 0 Å². The molecule has 7 heteroatoms. The zero-order chi connectivity index (χ0) is 20.9. The molecule has 4 rings (SSSR count). The van der Waals surface area contributed by atoms with Gasteiger partial charge in [0.2, 0.25) is 0 Å². The number of amides is 1. The van der Waals surface area contributed by atoms with Crippen molar-refractivity contribution in [2.75, 3.05) is 6.61 Å². The Morgan fingerprint density at radius 1 is 1.23 bits per heavy atom. The predicted molar refractivity (Wildman–Crippen MR) is 111 cm³/mol. The smallest absolute Gasteiger partial charge is 0.284 e. The Kier molecular flexibility index (Phi) is 5.70. The van der Waals surface area contributed by atoms with E-state index in [1.54, 1.807) is 30.5 Å². The fourth-order valence-electron chi connectivity index (χ4n) is 3.20. The summed E-state index contributed by atoms with van der Waals surface area (Å²) >= 11 is 0. The average molecular weight is 405 g/mol. The fourth-order valence-corrected chi connectivity index (χ4v) is 3.20. The zero-order valence-corrected chi connectivity index (χ0v) is 16.4. The van der Waals surface area contributed by atoms with Crippen LogP contribution in [0.25, 0.3) is 0 Å². The molecule has 0 unspecified atom stereocenters. The Morgan fingerprint density at radius 2 is 2.03 bits per heavy atom. The van der Waals surface area contributed by atoms with Gasteiger partial charge < -0.3 is 9.25 Å². The summed E-state index contributed by atoms with van der Waals surface area (Å²) in [5, 5.41) is 9.60. The Labute approximate surface area is 173 Å². The van der Waals surface area contributed by atoms with Crippen LogP contribution in [-0.4, -0.2) is 29.4 Å². The Balaban J connectivity index is 1.47. The Bertz CT molecular complexity index is 1080. The molecule has 2 heterocycles. The number of benzene rings is 2. The molecule has 0 saturated carbocycles. The minimum Gasteiger partial charge on any atom is -0.467 e. The molecule has 0 aliphatic carbocycles. The molecular weight excluding hydrogens is 385 g/mol. The summed E-state index contributed by atoms with van der Waals surface area (Å²) < 4.78 is 19.1. The second kappa shape index (κ2) is 8.73. The topological polar surface area (TPSA) is 67.4 Å². The van der Waals surface area contributed by atoms with Gasteiger partial charge in [0.1, 0.15) is 17.6 Å². The second-order valence-electron chi connectivity index (χ2n) is 6.92. The molecule has 0 N–H and O–H groups in total. The largest absolute Gasteiger partial charge is 0.467 e. The predicted octanol–water partition coefficient (Wildman–Crippen LogP) is 4.46. The molecule has 30 heavy (non-hydrogen) atoms. The summed E-state index contributed by atoms with van der Waals surface area (Å²) in [5.74, 6) is -0.144. The van der Waals surface area contributed by atoms with Crippen LogP contribution in [-0.2, 0) is 9.63 Å². The van der Waals surface area contributed by atoms with Crippen molar-refractivity contribution < 1.29 is 18.4 Å². The number of halogens is 1. The first kappa shape index (κ1) is 19.6. The van der Waals surface area contributed by atoms with Crippen LogP contribution in [0.5, 0.6) is 0 Å². The van der Waals surface area contributed by atoms with Crippen LogP contribution in [0.2, 0.25) is 0 Å². The van der Waals surface area contributed by atoms with Crippen LogP contribution >= 0.6 is 0 Å². The van der Waals surface area contributed by atoms with Gasteiger partial charge in [-0.2, -0.15) is 5.10 Å². The van der Waals surface area contributed by atoms with E-state index in [-0.39, 0.29) is 24.1 Å². The zero-order valence-electron chi connectivity index (χ0n) is 16.4. The standard InChI is InChI=1S/C23H20FN3O3/c1-16-8-10-17(11-9-16)20-13-21(22-7-4-12-29-22)27(26-20)23(28)15-30-25-14-18-5-2-3-6-19(18)24/h2-12,14,21H,13,15H2,1H3/b25-14-/t21-/m1/s1. The van der Waals surface area contributed by atoms with Gasteiger partial charge in [-0.05, 0) is 30.7 Å². The number of hydrogen-bond donors (Lipinski definition) is 0. The van der Waals surface area contributed by atoms with Gasteiger partial charge in [-0.3, -0.25) is 4.79 Å². The van der Waals surface area contributed by atoms with E-state index < -0.39 is 5.82 Å². The summed E-state index contributed by atoms with van der Waals surface area (Å²) in [7, 11) is 0. The highest BCUT2D eigenvalue weighted by molar-refractivity contribution is 6.03. The minimum atomic E-state index is -0.416. The molecule has 0 fully saturated rings. The lowest BCUT2D eigenvalue weighted by atomic mass is 10.0. The molecule has 1 atom stereocenters. The van der Waals surface area contributed by atoms with E-state index in [1.807, 2.05) is 37.3 Å². The fraction of sp³-hybridized carbons (Fsp3) is 0.174. The molecular formula is C23H20FN3O3. The molecule has 152 valence electrons. The third kappa shape index (κ3) is 4.30. The van der Waals surface area contributed by atoms with Gasteiger partial charge in [0.05, 0.1) is 18.2 Å². The highest BCUT2D eigenvalue weighted by atomic mass is 19.1. The molecule has 1 aromatic heterocycles. The SMILES string of the molecule is Cc1ccc(C2=NN(C(=O)CO/N=C\c3ccccc3F)[C@@H](c3ccco3)C2)cc1. The molecule has 0 bridgehead atoms. The first-order chi connectivity index (χ1) is 14.6. The van der Waals surface area contributed by atoms with Gasteiger partial charge in [0.15, 0.2) is 6.61 Å². The van der Waals surface area contributed by atoms with E-state index in [2.05, 4.69) is 10.3 Å². The molecule has 2 aromatic carbocycles. The third-order valence-electron chi connectivity index (χ3n) is 4.78. The van der Waals surface area contributed by atoms with Gasteiger partial charge in [-0.1, -0.05) is 53.2 Å². The van der Waals surface area contributed by atoms with E-state index in [1.165, 1.54) is 17.3 Å². The third-order valence-corrected chi connectivity index (χ3v) is 4.78. The number of aryl methyl sites for hydroxylation is 1. The highest BCUT2D eigenvalue weighted by Gasteiger charge is 2.35. The second-order valence-corrected chi connectivity index (χ2v) is 6.92. The Morgan fingerprint density at radius 3 is 2.77 bits per heavy atom. The highest BCUT2D eigenvalue weighted by Crippen LogP contribution is 2.33. The van der Waals surface area contributed by atoms with Gasteiger partial charge >= 0.3 is 0 Å². The van der Waals surface area contributed by atoms with E-state index in [0.29, 0.717) is 12.2 Å². The minimum absolute atomic E-state index is 0.277. The van der Waals surface area contributed by atoms with Gasteiger partial charge in [-0.25, -0.2) is 9.40 Å². The lowest BCUT2D eigenvalue weighted by Gasteiger charge is -2.19. The molecule has 0 spiro atoms. The van der Waals surface area contributed by atoms with E-state index in [9.17, 15) is 9.18 Å². The molecule has 3 aromatic rings. The number of nitrogens with zero attached hydrogens (tertiary/aromatic N) is 3. The lowest BCUT2D eigenvalue weighted by molar-refractivity contribution is -0.138. The number of oxime groups is 1. The first-order valence-electron chi connectivity index (χ1n) is 9.51. The summed E-state index contributed by atoms with van der Waals surface area (Å²) in [6, 6.07) is 17.4. The molecule has 0 radical (unpaired) electrons. The summed E-state index contributed by atoms with van der Waals surface area (Å²) in [4.78, 5) is 17.9. The quantitative estimate of drug-likeness (QED) is 0.449. The van der Waals surface area contributed by atoms with Crippen molar-refractivity contribution in [2.24, 2.45) is 10.3 Å². The Hall–Kier alpha value is -3.74. The van der Waals surface area contributed by atoms with E-state index in [0.717, 1.165) is 16.8 Å². The van der Waals surface area contributed by atoms with Crippen LogP contribution in [0.15, 0.2) is 81.6 Å². The van der Waals surface area contributed by atoms with Gasteiger partial charge in [-0.15, -0.1) is 0 Å². The molecule has 6 nitrogen and oxygen atoms in total. The summed E-state index contributed by atoms with van der Waals surface area (Å²) in [6.45, 7) is 1.69. The van der Waals surface area contributed by atoms with E-state index >= 15 is 0 Å². The number of hydrogen-bond acceptors (Lipinski definition) is 5. The van der Waals surface area contributed by atoms with Crippen molar-refractivity contribution >= 4 is 17.8 Å². The maximum Gasteiger partial charge on any atom is 0.284 e. The first-order valence-corrected chi connectivity index (χ1v) is 9.51. The lowest BCUT2D eigenvalue weighted by Crippen LogP contribution is -2.29. The molecule has 1 amide bonds. The van der Waals surface area contributed by atoms with Crippen molar-refractivity contribution in [3.8, 4) is 0 Å². The number of carbonyl (C=O) groups excluding carboxylic acids is 1. The summed E-state index contributed by atoms with van der Waals surface area (Å²) in [5.41, 5.74) is 3.17. The van der Waals surface area contributed by atoms with Gasteiger partial charge in [0, 0.05) is 12.0 Å².